The smallest absolute Gasteiger partial charge is 0.252 e. The second kappa shape index (κ2) is 21.1. The molecule has 0 bridgehead atoms. The van der Waals surface area contributed by atoms with Crippen LogP contribution in [0, 0.1) is 17.8 Å². The van der Waals surface area contributed by atoms with Gasteiger partial charge in [-0.2, -0.15) is 0 Å². The molecule has 1 heterocycles. The standard InChI is InChI=1S/C32H55N11O6/c1-7-19(6)26(43-30(48)23(14-18(4)5)42-28(46)20-10-12-37-24(33)15-20)31(49)39-16-25(44)40-21(9-8-11-38-32(35)36)29(47)41-22(27(34)45)13-17(2)3/h10,12,15,17-19,21-23,26H,7-9,11,13-14,16H2,1-6H3,(H2,33,37)(H2,34,45)(H,39,49)(H,40,44)(H,41,47)(H,42,46)(H,43,48)(H4,35,36,38)/t19-,21-,22-,23-,26-/m0/s1. The number of nitrogen functional groups attached to an aromatic ring is 1. The molecular formula is C32H55N11O6. The maximum atomic E-state index is 13.5. The summed E-state index contributed by atoms with van der Waals surface area (Å²) in [6, 6.07) is -1.19. The van der Waals surface area contributed by atoms with Crippen molar-refractivity contribution in [3.63, 3.8) is 0 Å². The lowest BCUT2D eigenvalue weighted by Gasteiger charge is -2.27. The van der Waals surface area contributed by atoms with Crippen LogP contribution < -0.4 is 49.5 Å². The Morgan fingerprint density at radius 3 is 1.98 bits per heavy atom. The predicted octanol–water partition coefficient (Wildman–Crippen LogP) is -0.990. The molecule has 17 heteroatoms. The molecule has 0 unspecified atom stereocenters. The Morgan fingerprint density at radius 2 is 1.43 bits per heavy atom. The Kier molecular flexibility index (Phi) is 18.1. The number of primary amides is 1. The van der Waals surface area contributed by atoms with Crippen LogP contribution in [0.1, 0.15) is 84.0 Å². The lowest BCUT2D eigenvalue weighted by Crippen LogP contribution is -2.57. The molecule has 274 valence electrons. The van der Waals surface area contributed by atoms with Crippen molar-refractivity contribution in [1.29, 1.82) is 0 Å². The van der Waals surface area contributed by atoms with Gasteiger partial charge in [0.25, 0.3) is 5.91 Å². The van der Waals surface area contributed by atoms with Gasteiger partial charge in [-0.05, 0) is 55.6 Å². The molecule has 0 fully saturated rings. The summed E-state index contributed by atoms with van der Waals surface area (Å²) in [6.45, 7) is 10.8. The fourth-order valence-corrected chi connectivity index (χ4v) is 4.77. The highest BCUT2D eigenvalue weighted by atomic mass is 16.2. The molecule has 0 saturated carbocycles. The van der Waals surface area contributed by atoms with Gasteiger partial charge in [-0.15, -0.1) is 0 Å². The van der Waals surface area contributed by atoms with E-state index in [0.717, 1.165) is 0 Å². The molecule has 0 radical (unpaired) electrons. The molecule has 0 spiro atoms. The Hall–Kier alpha value is -4.96. The molecule has 13 N–H and O–H groups in total. The first kappa shape index (κ1) is 42.1. The van der Waals surface area contributed by atoms with E-state index in [-0.39, 0.29) is 54.5 Å². The Balaban J connectivity index is 3.03. The lowest BCUT2D eigenvalue weighted by atomic mass is 9.96. The first-order valence-electron chi connectivity index (χ1n) is 16.5. The fraction of sp³-hybridized carbons (Fsp3) is 0.625. The zero-order valence-electron chi connectivity index (χ0n) is 29.4. The minimum atomic E-state index is -1.09. The molecule has 0 saturated heterocycles. The number of nitrogens with zero attached hydrogens (tertiary/aromatic N) is 2. The van der Waals surface area contributed by atoms with Gasteiger partial charge in [0.2, 0.25) is 29.5 Å². The van der Waals surface area contributed by atoms with E-state index in [0.29, 0.717) is 19.3 Å². The SMILES string of the molecule is CC[C@H](C)[C@H](NC(=O)[C@H](CC(C)C)NC(=O)c1ccnc(N)c1)C(=O)NCC(=O)N[C@@H](CCCN=C(N)N)C(=O)N[C@@H](CC(C)C)C(N)=O. The van der Waals surface area contributed by atoms with Crippen LogP contribution in [0.5, 0.6) is 0 Å². The quantitative estimate of drug-likeness (QED) is 0.0431. The van der Waals surface area contributed by atoms with Crippen molar-refractivity contribution in [2.75, 3.05) is 18.8 Å². The molecule has 49 heavy (non-hydrogen) atoms. The summed E-state index contributed by atoms with van der Waals surface area (Å²) in [4.78, 5) is 85.5. The van der Waals surface area contributed by atoms with Gasteiger partial charge in [0.15, 0.2) is 5.96 Å². The third kappa shape index (κ3) is 16.1. The van der Waals surface area contributed by atoms with Crippen LogP contribution in [0.2, 0.25) is 0 Å². The zero-order valence-corrected chi connectivity index (χ0v) is 29.4. The van der Waals surface area contributed by atoms with Crippen molar-refractivity contribution < 1.29 is 28.8 Å². The number of amides is 6. The second-order valence-corrected chi connectivity index (χ2v) is 12.9. The molecule has 0 aliphatic rings. The van der Waals surface area contributed by atoms with Gasteiger partial charge < -0.3 is 49.5 Å². The number of carbonyl (C=O) groups is 6. The van der Waals surface area contributed by atoms with E-state index in [4.69, 9.17) is 22.9 Å². The summed E-state index contributed by atoms with van der Waals surface area (Å²) < 4.78 is 0. The van der Waals surface area contributed by atoms with Gasteiger partial charge in [-0.25, -0.2) is 4.98 Å². The van der Waals surface area contributed by atoms with E-state index in [2.05, 4.69) is 36.6 Å². The van der Waals surface area contributed by atoms with Gasteiger partial charge >= 0.3 is 0 Å². The molecule has 0 aromatic carbocycles. The van der Waals surface area contributed by atoms with E-state index in [1.807, 2.05) is 34.6 Å². The second-order valence-electron chi connectivity index (χ2n) is 12.9. The van der Waals surface area contributed by atoms with Gasteiger partial charge in [0, 0.05) is 18.3 Å². The summed E-state index contributed by atoms with van der Waals surface area (Å²) in [5.74, 6) is -4.02. The van der Waals surface area contributed by atoms with E-state index >= 15 is 0 Å². The summed E-state index contributed by atoms with van der Waals surface area (Å²) >= 11 is 0. The van der Waals surface area contributed by atoms with Gasteiger partial charge in [0.1, 0.15) is 30.0 Å². The molecule has 17 nitrogen and oxygen atoms in total. The first-order valence-corrected chi connectivity index (χ1v) is 16.5. The van der Waals surface area contributed by atoms with Crippen LogP contribution in [0.3, 0.4) is 0 Å². The Labute approximate surface area is 287 Å². The molecule has 5 atom stereocenters. The highest BCUT2D eigenvalue weighted by molar-refractivity contribution is 5.99. The molecule has 1 aromatic rings. The largest absolute Gasteiger partial charge is 0.384 e. The van der Waals surface area contributed by atoms with Crippen LogP contribution in [-0.2, 0) is 24.0 Å². The predicted molar refractivity (Wildman–Crippen MR) is 186 cm³/mol. The number of anilines is 1. The van der Waals surface area contributed by atoms with Gasteiger partial charge in [-0.3, -0.25) is 33.8 Å². The normalized spacial score (nSPS) is 14.0. The number of pyridine rings is 1. The lowest BCUT2D eigenvalue weighted by molar-refractivity contribution is -0.133. The average Bonchev–Trinajstić information content (AvgIpc) is 3.01. The summed E-state index contributed by atoms with van der Waals surface area (Å²) in [5, 5.41) is 13.2. The summed E-state index contributed by atoms with van der Waals surface area (Å²) in [7, 11) is 0. The average molecular weight is 690 g/mol. The van der Waals surface area contributed by atoms with Gasteiger partial charge in [-0.1, -0.05) is 48.0 Å². The third-order valence-corrected chi connectivity index (χ3v) is 7.55. The van der Waals surface area contributed by atoms with Gasteiger partial charge in [0.05, 0.1) is 6.54 Å². The number of aliphatic imine (C=N–C) groups is 1. The molecule has 1 rings (SSSR count). The topological polar surface area (TPSA) is 292 Å². The van der Waals surface area contributed by atoms with E-state index in [1.165, 1.54) is 18.3 Å². The van der Waals surface area contributed by atoms with Crippen molar-refractivity contribution in [2.45, 2.75) is 97.8 Å². The number of nitrogens with one attached hydrogen (secondary N) is 5. The van der Waals surface area contributed by atoms with Crippen LogP contribution in [0.25, 0.3) is 0 Å². The van der Waals surface area contributed by atoms with Crippen molar-refractivity contribution in [1.82, 2.24) is 31.6 Å². The van der Waals surface area contributed by atoms with E-state index in [1.54, 1.807) is 6.92 Å². The fourth-order valence-electron chi connectivity index (χ4n) is 4.77. The van der Waals surface area contributed by atoms with E-state index < -0.39 is 66.2 Å². The molecule has 0 aliphatic heterocycles. The minimum Gasteiger partial charge on any atom is -0.384 e. The number of nitrogens with two attached hydrogens (primary N) is 4. The maximum Gasteiger partial charge on any atom is 0.252 e. The Bertz CT molecular complexity index is 1320. The monoisotopic (exact) mass is 689 g/mol. The van der Waals surface area contributed by atoms with Crippen molar-refractivity contribution in [3.05, 3.63) is 23.9 Å². The zero-order chi connectivity index (χ0) is 37.3. The minimum absolute atomic E-state index is 0.0198. The van der Waals surface area contributed by atoms with E-state index in [9.17, 15) is 28.8 Å². The maximum absolute atomic E-state index is 13.5. The highest BCUT2D eigenvalue weighted by Gasteiger charge is 2.31. The van der Waals surface area contributed by atoms with Crippen LogP contribution in [0.4, 0.5) is 5.82 Å². The van der Waals surface area contributed by atoms with Crippen LogP contribution >= 0.6 is 0 Å². The summed E-state index contributed by atoms with van der Waals surface area (Å²) in [6.07, 6.45) is 2.92. The molecule has 1 aromatic heterocycles. The molecule has 6 amide bonds. The summed E-state index contributed by atoms with van der Waals surface area (Å²) in [5.41, 5.74) is 22.1. The van der Waals surface area contributed by atoms with Crippen LogP contribution in [-0.4, -0.2) is 83.6 Å². The number of aromatic nitrogens is 1. The first-order chi connectivity index (χ1) is 22.9. The number of rotatable bonds is 21. The number of hydrogen-bond donors (Lipinski definition) is 9. The Morgan fingerprint density at radius 1 is 0.816 bits per heavy atom. The number of guanidine groups is 1. The number of carbonyl (C=O) groups excluding carboxylic acids is 6. The molecule has 0 aliphatic carbocycles. The number of hydrogen-bond acceptors (Lipinski definition) is 9. The van der Waals surface area contributed by atoms with Crippen molar-refractivity contribution in [2.24, 2.45) is 39.9 Å². The highest BCUT2D eigenvalue weighted by Crippen LogP contribution is 2.12. The van der Waals surface area contributed by atoms with Crippen molar-refractivity contribution in [3.8, 4) is 0 Å². The third-order valence-electron chi connectivity index (χ3n) is 7.55. The van der Waals surface area contributed by atoms with Crippen LogP contribution in [0.15, 0.2) is 23.3 Å². The van der Waals surface area contributed by atoms with Crippen molar-refractivity contribution >= 4 is 47.2 Å². The molecular weight excluding hydrogens is 634 g/mol.